The highest BCUT2D eigenvalue weighted by atomic mass is 35.5. The lowest BCUT2D eigenvalue weighted by Gasteiger charge is -2.10. The van der Waals surface area contributed by atoms with Gasteiger partial charge in [0.25, 0.3) is 0 Å². The molecule has 2 N–H and O–H groups in total. The number of sulfonamides is 1. The Bertz CT molecular complexity index is 1200. The fourth-order valence-electron chi connectivity index (χ4n) is 2.57. The molecule has 0 fully saturated rings. The van der Waals surface area contributed by atoms with Crippen molar-refractivity contribution < 1.29 is 26.7 Å². The highest BCUT2D eigenvalue weighted by Crippen LogP contribution is 2.32. The van der Waals surface area contributed by atoms with Gasteiger partial charge in [-0.2, -0.15) is 23.1 Å². The number of nitrogens with zero attached hydrogens (tertiary/aromatic N) is 3. The Morgan fingerprint density at radius 3 is 2.29 bits per heavy atom. The van der Waals surface area contributed by atoms with Crippen LogP contribution in [0, 0.1) is 0 Å². The predicted molar refractivity (Wildman–Crippen MR) is 109 cm³/mol. The van der Waals surface area contributed by atoms with Gasteiger partial charge in [-0.15, -0.1) is 0 Å². The molecule has 1 aromatic heterocycles. The summed E-state index contributed by atoms with van der Waals surface area (Å²) in [5.74, 6) is -0.150. The standard InChI is InChI=1S/C19H16ClF3N4O3S/c1-2-31(29,30)24-10-11-3-8-15(20)14(9-11)17-25-16(26-18(28)27-17)12-4-6-13(7-5-12)19(21,22)23/h3-9,24H,2,10H2,1H3,(H,25,26,27,28). The Morgan fingerprint density at radius 1 is 1.03 bits per heavy atom. The second kappa shape index (κ2) is 8.77. The molecule has 0 spiro atoms. The molecule has 2 aromatic carbocycles. The predicted octanol–water partition coefficient (Wildman–Crippen LogP) is 4.02. The summed E-state index contributed by atoms with van der Waals surface area (Å²) in [6.07, 6.45) is -4.49. The Labute approximate surface area is 181 Å². The lowest BCUT2D eigenvalue weighted by molar-refractivity contribution is -0.137. The molecular formula is C19H16ClF3N4O3S. The first-order valence-electron chi connectivity index (χ1n) is 8.87. The monoisotopic (exact) mass is 472 g/mol. The molecule has 0 atom stereocenters. The number of nitrogens with one attached hydrogen (secondary N) is 1. The molecule has 3 rings (SSSR count). The van der Waals surface area contributed by atoms with Gasteiger partial charge in [0.1, 0.15) is 0 Å². The van der Waals surface area contributed by atoms with Gasteiger partial charge in [0.05, 0.1) is 16.3 Å². The van der Waals surface area contributed by atoms with Crippen LogP contribution < -0.4 is 4.72 Å². The first-order chi connectivity index (χ1) is 14.5. The fourth-order valence-corrected chi connectivity index (χ4v) is 3.36. The van der Waals surface area contributed by atoms with Crippen molar-refractivity contribution in [2.45, 2.75) is 19.6 Å². The lowest BCUT2D eigenvalue weighted by atomic mass is 10.1. The maximum absolute atomic E-state index is 12.8. The first-order valence-corrected chi connectivity index (χ1v) is 10.9. The number of halogens is 4. The van der Waals surface area contributed by atoms with Gasteiger partial charge >= 0.3 is 12.2 Å². The van der Waals surface area contributed by atoms with Gasteiger partial charge in [0.15, 0.2) is 11.6 Å². The number of hydrogen-bond donors (Lipinski definition) is 2. The second-order valence-electron chi connectivity index (χ2n) is 6.40. The summed E-state index contributed by atoms with van der Waals surface area (Å²) < 4.78 is 64.1. The smallest absolute Gasteiger partial charge is 0.416 e. The van der Waals surface area contributed by atoms with Crippen LogP contribution in [0.25, 0.3) is 22.8 Å². The minimum Gasteiger partial charge on any atom is -0.479 e. The number of aromatic hydroxyl groups is 1. The fraction of sp³-hybridized carbons (Fsp3) is 0.211. The molecule has 1 heterocycles. The first kappa shape index (κ1) is 22.9. The summed E-state index contributed by atoms with van der Waals surface area (Å²) in [6.45, 7) is 1.51. The van der Waals surface area contributed by atoms with Crippen molar-refractivity contribution >= 4 is 21.6 Å². The van der Waals surface area contributed by atoms with Crippen molar-refractivity contribution in [1.82, 2.24) is 19.7 Å². The highest BCUT2D eigenvalue weighted by Gasteiger charge is 2.30. The molecule has 3 aromatic rings. The van der Waals surface area contributed by atoms with E-state index in [0.29, 0.717) is 11.1 Å². The summed E-state index contributed by atoms with van der Waals surface area (Å²) in [4.78, 5) is 11.8. The molecule has 0 amide bonds. The SMILES string of the molecule is CCS(=O)(=O)NCc1ccc(Cl)c(-c2nc(O)nc(-c3ccc(C(F)(F)F)cc3)n2)c1. The molecule has 31 heavy (non-hydrogen) atoms. The quantitative estimate of drug-likeness (QED) is 0.561. The summed E-state index contributed by atoms with van der Waals surface area (Å²) in [6, 6.07) is 8.15. The van der Waals surface area contributed by atoms with Gasteiger partial charge in [-0.1, -0.05) is 29.8 Å². The van der Waals surface area contributed by atoms with E-state index in [9.17, 15) is 26.7 Å². The Hall–Kier alpha value is -2.76. The summed E-state index contributed by atoms with van der Waals surface area (Å²) in [7, 11) is -3.41. The highest BCUT2D eigenvalue weighted by molar-refractivity contribution is 7.89. The number of rotatable bonds is 6. The van der Waals surface area contributed by atoms with Crippen LogP contribution in [-0.2, 0) is 22.7 Å². The van der Waals surface area contributed by atoms with Gasteiger partial charge in [0.2, 0.25) is 10.0 Å². The molecule has 164 valence electrons. The Kier molecular flexibility index (Phi) is 6.48. The van der Waals surface area contributed by atoms with E-state index in [1.807, 2.05) is 0 Å². The van der Waals surface area contributed by atoms with E-state index in [4.69, 9.17) is 11.6 Å². The van der Waals surface area contributed by atoms with Crippen molar-refractivity contribution in [2.75, 3.05) is 5.75 Å². The minimum atomic E-state index is -4.49. The van der Waals surface area contributed by atoms with E-state index in [1.165, 1.54) is 25.1 Å². The maximum Gasteiger partial charge on any atom is 0.416 e. The van der Waals surface area contributed by atoms with Crippen LogP contribution in [0.5, 0.6) is 6.01 Å². The molecule has 0 aliphatic rings. The van der Waals surface area contributed by atoms with Gasteiger partial charge in [0, 0.05) is 17.7 Å². The molecular weight excluding hydrogens is 457 g/mol. The van der Waals surface area contributed by atoms with E-state index in [0.717, 1.165) is 12.1 Å². The van der Waals surface area contributed by atoms with Gasteiger partial charge < -0.3 is 5.11 Å². The Balaban J connectivity index is 1.97. The molecule has 0 saturated carbocycles. The van der Waals surface area contributed by atoms with E-state index in [1.54, 1.807) is 12.1 Å². The number of benzene rings is 2. The normalized spacial score (nSPS) is 12.2. The van der Waals surface area contributed by atoms with Crippen LogP contribution in [0.1, 0.15) is 18.1 Å². The van der Waals surface area contributed by atoms with Crippen molar-refractivity contribution in [2.24, 2.45) is 0 Å². The molecule has 0 saturated heterocycles. The average Bonchev–Trinajstić information content (AvgIpc) is 2.72. The summed E-state index contributed by atoms with van der Waals surface area (Å²) in [5.41, 5.74) is 0.253. The summed E-state index contributed by atoms with van der Waals surface area (Å²) >= 11 is 6.22. The van der Waals surface area contributed by atoms with Crippen LogP contribution in [0.15, 0.2) is 42.5 Å². The zero-order valence-corrected chi connectivity index (χ0v) is 17.6. The number of alkyl halides is 3. The van der Waals surface area contributed by atoms with Crippen molar-refractivity contribution in [3.05, 3.63) is 58.6 Å². The van der Waals surface area contributed by atoms with Crippen molar-refractivity contribution in [1.29, 1.82) is 0 Å². The van der Waals surface area contributed by atoms with Crippen molar-refractivity contribution in [3.63, 3.8) is 0 Å². The van der Waals surface area contributed by atoms with E-state index in [2.05, 4.69) is 19.7 Å². The van der Waals surface area contributed by atoms with Crippen LogP contribution >= 0.6 is 11.6 Å². The molecule has 7 nitrogen and oxygen atoms in total. The number of aromatic nitrogens is 3. The van der Waals surface area contributed by atoms with Crippen LogP contribution in [0.4, 0.5) is 13.2 Å². The summed E-state index contributed by atoms with van der Waals surface area (Å²) in [5, 5.41) is 10.2. The Morgan fingerprint density at radius 2 is 1.68 bits per heavy atom. The van der Waals surface area contributed by atoms with Gasteiger partial charge in [-0.25, -0.2) is 18.1 Å². The largest absolute Gasteiger partial charge is 0.479 e. The van der Waals surface area contributed by atoms with Crippen LogP contribution in [-0.4, -0.2) is 34.2 Å². The molecule has 0 bridgehead atoms. The van der Waals surface area contributed by atoms with E-state index in [-0.39, 0.29) is 34.5 Å². The zero-order valence-electron chi connectivity index (χ0n) is 16.0. The maximum atomic E-state index is 12.8. The van der Waals surface area contributed by atoms with Crippen LogP contribution in [0.2, 0.25) is 5.02 Å². The molecule has 0 aliphatic heterocycles. The minimum absolute atomic E-state index is 0.00314. The lowest BCUT2D eigenvalue weighted by Crippen LogP contribution is -2.24. The topological polar surface area (TPSA) is 105 Å². The van der Waals surface area contributed by atoms with E-state index < -0.39 is 27.8 Å². The third kappa shape index (κ3) is 5.69. The van der Waals surface area contributed by atoms with Crippen molar-refractivity contribution in [3.8, 4) is 28.8 Å². The molecule has 12 heteroatoms. The molecule has 0 unspecified atom stereocenters. The second-order valence-corrected chi connectivity index (χ2v) is 8.90. The number of hydrogen-bond acceptors (Lipinski definition) is 6. The molecule has 0 aliphatic carbocycles. The molecule has 0 radical (unpaired) electrons. The third-order valence-electron chi connectivity index (χ3n) is 4.24. The van der Waals surface area contributed by atoms with E-state index >= 15 is 0 Å². The zero-order chi connectivity index (χ0) is 22.8. The van der Waals surface area contributed by atoms with Gasteiger partial charge in [-0.05, 0) is 36.8 Å². The van der Waals surface area contributed by atoms with Gasteiger partial charge in [-0.3, -0.25) is 0 Å². The third-order valence-corrected chi connectivity index (χ3v) is 5.92. The average molecular weight is 473 g/mol. The van der Waals surface area contributed by atoms with Crippen LogP contribution in [0.3, 0.4) is 0 Å².